The van der Waals surface area contributed by atoms with Crippen molar-refractivity contribution in [1.82, 2.24) is 14.8 Å². The van der Waals surface area contributed by atoms with Crippen LogP contribution in [0.15, 0.2) is 78.0 Å². The number of rotatable bonds is 6. The van der Waals surface area contributed by atoms with Gasteiger partial charge in [0.25, 0.3) is 0 Å². The van der Waals surface area contributed by atoms with E-state index in [0.29, 0.717) is 0 Å². The van der Waals surface area contributed by atoms with Gasteiger partial charge in [-0.15, -0.1) is 10.2 Å². The summed E-state index contributed by atoms with van der Waals surface area (Å²) < 4.78 is 7.44. The smallest absolute Gasteiger partial charge is 0.196 e. The standard InChI is InChI=1S/C24H23N3OS/c1-17-7-6-10-19(15-17)23-25-26-24(29-16-20-9-5-4-8-18(20)2)27(23)21-11-13-22(28-3)14-12-21/h4-15H,16H2,1-3H3. The highest BCUT2D eigenvalue weighted by Gasteiger charge is 2.17. The van der Waals surface area contributed by atoms with Crippen molar-refractivity contribution in [2.24, 2.45) is 0 Å². The highest BCUT2D eigenvalue weighted by molar-refractivity contribution is 7.98. The molecule has 0 atom stereocenters. The van der Waals surface area contributed by atoms with Crippen LogP contribution in [0, 0.1) is 13.8 Å². The fourth-order valence-electron chi connectivity index (χ4n) is 3.21. The summed E-state index contributed by atoms with van der Waals surface area (Å²) in [5.74, 6) is 2.51. The molecule has 0 aliphatic heterocycles. The van der Waals surface area contributed by atoms with Crippen molar-refractivity contribution < 1.29 is 4.74 Å². The lowest BCUT2D eigenvalue weighted by molar-refractivity contribution is 0.414. The van der Waals surface area contributed by atoms with E-state index in [0.717, 1.165) is 33.7 Å². The maximum atomic E-state index is 5.32. The molecule has 0 aliphatic rings. The Balaban J connectivity index is 1.75. The number of hydrogen-bond acceptors (Lipinski definition) is 4. The molecule has 4 aromatic rings. The van der Waals surface area contributed by atoms with Gasteiger partial charge in [-0.05, 0) is 55.3 Å². The number of benzene rings is 3. The fraction of sp³-hybridized carbons (Fsp3) is 0.167. The maximum absolute atomic E-state index is 5.32. The van der Waals surface area contributed by atoms with Crippen LogP contribution in [0.2, 0.25) is 0 Å². The van der Waals surface area contributed by atoms with E-state index in [-0.39, 0.29) is 0 Å². The Morgan fingerprint density at radius 2 is 1.69 bits per heavy atom. The van der Waals surface area contributed by atoms with Gasteiger partial charge in [0.2, 0.25) is 0 Å². The van der Waals surface area contributed by atoms with Gasteiger partial charge in [0.15, 0.2) is 11.0 Å². The van der Waals surface area contributed by atoms with E-state index in [1.165, 1.54) is 16.7 Å². The van der Waals surface area contributed by atoms with E-state index in [9.17, 15) is 0 Å². The molecule has 1 heterocycles. The highest BCUT2D eigenvalue weighted by Crippen LogP contribution is 2.31. The molecule has 0 amide bonds. The minimum absolute atomic E-state index is 0.827. The zero-order chi connectivity index (χ0) is 20.2. The minimum Gasteiger partial charge on any atom is -0.497 e. The van der Waals surface area contributed by atoms with Crippen molar-refractivity contribution in [2.75, 3.05) is 7.11 Å². The summed E-state index contributed by atoms with van der Waals surface area (Å²) in [6.07, 6.45) is 0. The van der Waals surface area contributed by atoms with Crippen LogP contribution in [0.4, 0.5) is 0 Å². The van der Waals surface area contributed by atoms with Gasteiger partial charge in [-0.1, -0.05) is 59.8 Å². The lowest BCUT2D eigenvalue weighted by atomic mass is 10.1. The summed E-state index contributed by atoms with van der Waals surface area (Å²) in [6, 6.07) is 24.8. The Labute approximate surface area is 175 Å². The van der Waals surface area contributed by atoms with Crippen LogP contribution in [0.5, 0.6) is 5.75 Å². The van der Waals surface area contributed by atoms with Gasteiger partial charge in [0, 0.05) is 17.0 Å². The van der Waals surface area contributed by atoms with Crippen molar-refractivity contribution in [2.45, 2.75) is 24.8 Å². The van der Waals surface area contributed by atoms with Gasteiger partial charge in [-0.3, -0.25) is 4.57 Å². The van der Waals surface area contributed by atoms with Crippen molar-refractivity contribution in [3.05, 3.63) is 89.5 Å². The van der Waals surface area contributed by atoms with E-state index >= 15 is 0 Å². The van der Waals surface area contributed by atoms with Crippen LogP contribution >= 0.6 is 11.8 Å². The van der Waals surface area contributed by atoms with Gasteiger partial charge in [0.05, 0.1) is 7.11 Å². The van der Waals surface area contributed by atoms with Crippen LogP contribution in [-0.4, -0.2) is 21.9 Å². The Morgan fingerprint density at radius 1 is 0.897 bits per heavy atom. The average Bonchev–Trinajstić information content (AvgIpc) is 3.17. The molecular formula is C24H23N3OS. The van der Waals surface area contributed by atoms with Crippen LogP contribution in [0.1, 0.15) is 16.7 Å². The third-order valence-electron chi connectivity index (χ3n) is 4.86. The van der Waals surface area contributed by atoms with Crippen LogP contribution in [-0.2, 0) is 5.75 Å². The normalized spacial score (nSPS) is 10.9. The first kappa shape index (κ1) is 19.3. The van der Waals surface area contributed by atoms with E-state index in [1.54, 1.807) is 18.9 Å². The van der Waals surface area contributed by atoms with Crippen molar-refractivity contribution >= 4 is 11.8 Å². The molecule has 3 aromatic carbocycles. The Bertz CT molecular complexity index is 1120. The van der Waals surface area contributed by atoms with Gasteiger partial charge in [0.1, 0.15) is 5.75 Å². The Kier molecular flexibility index (Phi) is 5.67. The SMILES string of the molecule is COc1ccc(-n2c(SCc3ccccc3C)nnc2-c2cccc(C)c2)cc1. The molecule has 1 aromatic heterocycles. The molecule has 5 heteroatoms. The maximum Gasteiger partial charge on any atom is 0.196 e. The molecule has 0 spiro atoms. The molecule has 0 aliphatic carbocycles. The Hall–Kier alpha value is -3.05. The predicted octanol–water partition coefficient (Wildman–Crippen LogP) is 5.85. The quantitative estimate of drug-likeness (QED) is 0.380. The largest absolute Gasteiger partial charge is 0.497 e. The topological polar surface area (TPSA) is 39.9 Å². The molecule has 0 bridgehead atoms. The lowest BCUT2D eigenvalue weighted by Crippen LogP contribution is -2.00. The molecule has 0 radical (unpaired) electrons. The minimum atomic E-state index is 0.827. The van der Waals surface area contributed by atoms with Gasteiger partial charge >= 0.3 is 0 Å². The second kappa shape index (κ2) is 8.53. The van der Waals surface area contributed by atoms with Crippen molar-refractivity contribution in [1.29, 1.82) is 0 Å². The van der Waals surface area contributed by atoms with Gasteiger partial charge in [-0.25, -0.2) is 0 Å². The monoisotopic (exact) mass is 401 g/mol. The molecule has 4 nitrogen and oxygen atoms in total. The van der Waals surface area contributed by atoms with Gasteiger partial charge in [-0.2, -0.15) is 0 Å². The first-order chi connectivity index (χ1) is 14.2. The summed E-state index contributed by atoms with van der Waals surface area (Å²) in [5.41, 5.74) is 5.85. The predicted molar refractivity (Wildman–Crippen MR) is 119 cm³/mol. The third-order valence-corrected chi connectivity index (χ3v) is 5.84. The van der Waals surface area contributed by atoms with Gasteiger partial charge < -0.3 is 4.74 Å². The zero-order valence-corrected chi connectivity index (χ0v) is 17.6. The van der Waals surface area contributed by atoms with Crippen molar-refractivity contribution in [3.63, 3.8) is 0 Å². The fourth-order valence-corrected chi connectivity index (χ4v) is 4.24. The molecule has 0 saturated heterocycles. The molecule has 29 heavy (non-hydrogen) atoms. The number of nitrogens with zero attached hydrogens (tertiary/aromatic N) is 3. The third kappa shape index (κ3) is 4.20. The van der Waals surface area contributed by atoms with E-state index in [1.807, 2.05) is 24.3 Å². The number of methoxy groups -OCH3 is 1. The number of aryl methyl sites for hydroxylation is 2. The number of aromatic nitrogens is 3. The first-order valence-corrected chi connectivity index (χ1v) is 10.5. The van der Waals surface area contributed by atoms with Crippen molar-refractivity contribution in [3.8, 4) is 22.8 Å². The molecule has 0 N–H and O–H groups in total. The number of hydrogen-bond donors (Lipinski definition) is 0. The molecule has 0 saturated carbocycles. The molecule has 4 rings (SSSR count). The highest BCUT2D eigenvalue weighted by atomic mass is 32.2. The van der Waals surface area contributed by atoms with E-state index < -0.39 is 0 Å². The van der Waals surface area contributed by atoms with E-state index in [4.69, 9.17) is 4.74 Å². The second-order valence-corrected chi connectivity index (χ2v) is 7.87. The first-order valence-electron chi connectivity index (χ1n) is 9.50. The molecule has 0 fully saturated rings. The molecule has 0 unspecified atom stereocenters. The second-order valence-electron chi connectivity index (χ2n) is 6.92. The van der Waals surface area contributed by atoms with Crippen LogP contribution < -0.4 is 4.74 Å². The van der Waals surface area contributed by atoms with Crippen LogP contribution in [0.25, 0.3) is 17.1 Å². The molecular weight excluding hydrogens is 378 g/mol. The summed E-state index contributed by atoms with van der Waals surface area (Å²) >= 11 is 1.70. The number of ether oxygens (including phenoxy) is 1. The van der Waals surface area contributed by atoms with E-state index in [2.05, 4.69) is 77.1 Å². The summed E-state index contributed by atoms with van der Waals surface area (Å²) in [5, 5.41) is 9.94. The number of thioether (sulfide) groups is 1. The summed E-state index contributed by atoms with van der Waals surface area (Å²) in [4.78, 5) is 0. The average molecular weight is 402 g/mol. The zero-order valence-electron chi connectivity index (χ0n) is 16.8. The lowest BCUT2D eigenvalue weighted by Gasteiger charge is -2.12. The molecule has 146 valence electrons. The summed E-state index contributed by atoms with van der Waals surface area (Å²) in [7, 11) is 1.68. The Morgan fingerprint density at radius 3 is 2.41 bits per heavy atom. The van der Waals surface area contributed by atoms with Crippen LogP contribution in [0.3, 0.4) is 0 Å². The summed E-state index contributed by atoms with van der Waals surface area (Å²) in [6.45, 7) is 4.23.